The summed E-state index contributed by atoms with van der Waals surface area (Å²) in [5.41, 5.74) is 6.97. The Bertz CT molecular complexity index is 1010. The van der Waals surface area contributed by atoms with E-state index in [1.807, 2.05) is 36.4 Å². The van der Waals surface area contributed by atoms with Crippen molar-refractivity contribution in [3.8, 4) is 5.75 Å². The van der Waals surface area contributed by atoms with Crippen molar-refractivity contribution in [2.45, 2.75) is 25.4 Å². The molecule has 0 saturated heterocycles. The van der Waals surface area contributed by atoms with Crippen molar-refractivity contribution in [3.63, 3.8) is 0 Å². The summed E-state index contributed by atoms with van der Waals surface area (Å²) in [5, 5.41) is 8.64. The van der Waals surface area contributed by atoms with E-state index in [2.05, 4.69) is 39.9 Å². The van der Waals surface area contributed by atoms with Gasteiger partial charge in [0.2, 0.25) is 0 Å². The Morgan fingerprint density at radius 1 is 1.26 bits per heavy atom. The van der Waals surface area contributed by atoms with Gasteiger partial charge < -0.3 is 9.72 Å². The van der Waals surface area contributed by atoms with Crippen LogP contribution in [0.4, 0.5) is 0 Å². The van der Waals surface area contributed by atoms with Crippen LogP contribution in [0.1, 0.15) is 29.8 Å². The van der Waals surface area contributed by atoms with Gasteiger partial charge in [-0.25, -0.2) is 5.43 Å². The summed E-state index contributed by atoms with van der Waals surface area (Å²) in [6.07, 6.45) is 2.24. The molecule has 6 heteroatoms. The van der Waals surface area contributed by atoms with Gasteiger partial charge in [-0.2, -0.15) is 5.10 Å². The van der Waals surface area contributed by atoms with Crippen molar-refractivity contribution in [2.75, 3.05) is 7.11 Å². The molecule has 0 saturated carbocycles. The second-order valence-electron chi connectivity index (χ2n) is 6.72. The first-order valence-corrected chi connectivity index (χ1v) is 8.98. The van der Waals surface area contributed by atoms with Gasteiger partial charge in [0.25, 0.3) is 5.91 Å². The molecule has 2 aromatic carbocycles. The van der Waals surface area contributed by atoms with E-state index >= 15 is 0 Å². The first kappa shape index (κ1) is 17.3. The second-order valence-corrected chi connectivity index (χ2v) is 6.72. The Hall–Kier alpha value is -3.12. The predicted octanol–water partition coefficient (Wildman–Crippen LogP) is 2.90. The van der Waals surface area contributed by atoms with Gasteiger partial charge in [-0.3, -0.25) is 10.1 Å². The molecule has 2 atom stereocenters. The second kappa shape index (κ2) is 7.25. The molecule has 4 rings (SSSR count). The number of hydrogen-bond donors (Lipinski definition) is 3. The number of amides is 1. The third-order valence-corrected chi connectivity index (χ3v) is 4.94. The fraction of sp³-hybridized carbons (Fsp3) is 0.238. The summed E-state index contributed by atoms with van der Waals surface area (Å²) >= 11 is 0. The topological polar surface area (TPSA) is 78.5 Å². The summed E-state index contributed by atoms with van der Waals surface area (Å²) in [6, 6.07) is 15.4. The molecule has 27 heavy (non-hydrogen) atoms. The fourth-order valence-electron chi connectivity index (χ4n) is 3.60. The number of nitrogens with one attached hydrogen (secondary N) is 3. The molecule has 0 unspecified atom stereocenters. The van der Waals surface area contributed by atoms with E-state index in [0.29, 0.717) is 6.42 Å². The number of hydrazone groups is 1. The van der Waals surface area contributed by atoms with E-state index in [9.17, 15) is 4.79 Å². The molecule has 1 aliphatic heterocycles. The Labute approximate surface area is 157 Å². The quantitative estimate of drug-likeness (QED) is 0.493. The standard InChI is InChI=1S/C21H22N4O2/c1-13-20-17(16-8-3-4-9-18(16)24-20)11-19(23-13)21(26)25-22-12-14-6-5-7-15(10-14)27-2/h3-10,12-13,19,23-24H,11H2,1-2H3,(H,25,26)/b22-12+/t13-,19-/m0/s1. The highest BCUT2D eigenvalue weighted by Gasteiger charge is 2.30. The molecule has 0 spiro atoms. The highest BCUT2D eigenvalue weighted by Crippen LogP contribution is 2.31. The van der Waals surface area contributed by atoms with Crippen LogP contribution in [-0.4, -0.2) is 30.3 Å². The average molecular weight is 362 g/mol. The van der Waals surface area contributed by atoms with E-state index in [-0.39, 0.29) is 18.0 Å². The number of carbonyl (C=O) groups is 1. The van der Waals surface area contributed by atoms with Crippen LogP contribution in [0.15, 0.2) is 53.6 Å². The number of hydrogen-bond acceptors (Lipinski definition) is 4. The molecule has 1 amide bonds. The van der Waals surface area contributed by atoms with E-state index in [4.69, 9.17) is 4.74 Å². The number of para-hydroxylation sites is 1. The number of aromatic nitrogens is 1. The van der Waals surface area contributed by atoms with Crippen LogP contribution in [-0.2, 0) is 11.2 Å². The van der Waals surface area contributed by atoms with Gasteiger partial charge in [0.05, 0.1) is 19.4 Å². The summed E-state index contributed by atoms with van der Waals surface area (Å²) in [6.45, 7) is 2.06. The number of carbonyl (C=O) groups excluding carboxylic acids is 1. The number of rotatable bonds is 4. The third-order valence-electron chi connectivity index (χ3n) is 4.94. The molecule has 1 aliphatic rings. The van der Waals surface area contributed by atoms with Gasteiger partial charge >= 0.3 is 0 Å². The molecule has 0 aliphatic carbocycles. The Kier molecular flexibility index (Phi) is 4.64. The first-order chi connectivity index (χ1) is 13.2. The first-order valence-electron chi connectivity index (χ1n) is 8.98. The number of H-pyrrole nitrogens is 1. The average Bonchev–Trinajstić information content (AvgIpc) is 3.07. The van der Waals surface area contributed by atoms with Crippen LogP contribution >= 0.6 is 0 Å². The molecule has 6 nitrogen and oxygen atoms in total. The van der Waals surface area contributed by atoms with Crippen molar-refractivity contribution < 1.29 is 9.53 Å². The van der Waals surface area contributed by atoms with Gasteiger partial charge in [0.1, 0.15) is 5.75 Å². The van der Waals surface area contributed by atoms with Gasteiger partial charge in [-0.1, -0.05) is 30.3 Å². The number of fused-ring (bicyclic) bond motifs is 3. The molecule has 3 N–H and O–H groups in total. The molecule has 138 valence electrons. The summed E-state index contributed by atoms with van der Waals surface area (Å²) in [5.74, 6) is 0.608. The van der Waals surface area contributed by atoms with Gasteiger partial charge in [0.15, 0.2) is 0 Å². The zero-order valence-electron chi connectivity index (χ0n) is 15.3. The van der Waals surface area contributed by atoms with Crippen LogP contribution in [0.25, 0.3) is 10.9 Å². The highest BCUT2D eigenvalue weighted by molar-refractivity contribution is 5.89. The molecule has 3 aromatic rings. The lowest BCUT2D eigenvalue weighted by Crippen LogP contribution is -2.47. The van der Waals surface area contributed by atoms with Crippen molar-refractivity contribution in [3.05, 3.63) is 65.4 Å². The smallest absolute Gasteiger partial charge is 0.257 e. The maximum absolute atomic E-state index is 12.6. The lowest BCUT2D eigenvalue weighted by Gasteiger charge is -2.27. The molecular weight excluding hydrogens is 340 g/mol. The minimum absolute atomic E-state index is 0.0688. The van der Waals surface area contributed by atoms with Crippen molar-refractivity contribution in [1.82, 2.24) is 15.7 Å². The van der Waals surface area contributed by atoms with Crippen molar-refractivity contribution >= 4 is 23.0 Å². The number of nitrogens with zero attached hydrogens (tertiary/aromatic N) is 1. The van der Waals surface area contributed by atoms with Crippen LogP contribution in [0, 0.1) is 0 Å². The van der Waals surface area contributed by atoms with E-state index in [0.717, 1.165) is 22.5 Å². The molecule has 0 fully saturated rings. The number of methoxy groups -OCH3 is 1. The van der Waals surface area contributed by atoms with Gasteiger partial charge in [-0.05, 0) is 42.7 Å². The van der Waals surface area contributed by atoms with Crippen LogP contribution in [0.5, 0.6) is 5.75 Å². The van der Waals surface area contributed by atoms with E-state index in [1.165, 1.54) is 10.9 Å². The zero-order valence-corrected chi connectivity index (χ0v) is 15.3. The van der Waals surface area contributed by atoms with Gasteiger partial charge in [0, 0.05) is 22.6 Å². The monoisotopic (exact) mass is 362 g/mol. The Morgan fingerprint density at radius 2 is 2.11 bits per heavy atom. The van der Waals surface area contributed by atoms with Crippen molar-refractivity contribution in [1.29, 1.82) is 0 Å². The predicted molar refractivity (Wildman–Crippen MR) is 106 cm³/mol. The maximum atomic E-state index is 12.6. The van der Waals surface area contributed by atoms with E-state index < -0.39 is 0 Å². The number of aromatic amines is 1. The highest BCUT2D eigenvalue weighted by atomic mass is 16.5. The summed E-state index contributed by atoms with van der Waals surface area (Å²) in [4.78, 5) is 16.1. The molecule has 2 heterocycles. The van der Waals surface area contributed by atoms with Gasteiger partial charge in [-0.15, -0.1) is 0 Å². The maximum Gasteiger partial charge on any atom is 0.257 e. The minimum Gasteiger partial charge on any atom is -0.497 e. The normalized spacial score (nSPS) is 19.2. The number of ether oxygens (including phenoxy) is 1. The molecular formula is C21H22N4O2. The lowest BCUT2D eigenvalue weighted by atomic mass is 9.94. The Morgan fingerprint density at radius 3 is 2.96 bits per heavy atom. The summed E-state index contributed by atoms with van der Waals surface area (Å²) < 4.78 is 5.19. The SMILES string of the molecule is COc1cccc(/C=N/NC(=O)[C@@H]2Cc3c([nH]c4ccccc34)[C@H](C)N2)c1. The largest absolute Gasteiger partial charge is 0.497 e. The molecule has 0 radical (unpaired) electrons. The van der Waals surface area contributed by atoms with Crippen LogP contribution in [0.2, 0.25) is 0 Å². The molecule has 0 bridgehead atoms. The Balaban J connectivity index is 1.47. The minimum atomic E-state index is -0.325. The van der Waals surface area contributed by atoms with Crippen LogP contribution in [0.3, 0.4) is 0 Å². The zero-order chi connectivity index (χ0) is 18.8. The lowest BCUT2D eigenvalue weighted by molar-refractivity contribution is -0.123. The van der Waals surface area contributed by atoms with E-state index in [1.54, 1.807) is 13.3 Å². The molecule has 1 aromatic heterocycles. The van der Waals surface area contributed by atoms with Crippen molar-refractivity contribution in [2.24, 2.45) is 5.10 Å². The fourth-order valence-corrected chi connectivity index (χ4v) is 3.60. The van der Waals surface area contributed by atoms with Crippen LogP contribution < -0.4 is 15.5 Å². The third kappa shape index (κ3) is 3.44. The number of benzene rings is 2. The summed E-state index contributed by atoms with van der Waals surface area (Å²) in [7, 11) is 1.62.